The number of nitrogens with one attached hydrogen (secondary N) is 1. The van der Waals surface area contributed by atoms with Crippen LogP contribution in [-0.4, -0.2) is 18.0 Å². The monoisotopic (exact) mass is 476 g/mol. The number of hydrogen-bond donors (Lipinski definition) is 1. The number of pyridine rings is 1. The Morgan fingerprint density at radius 2 is 1.77 bits per heavy atom. The van der Waals surface area contributed by atoms with E-state index in [1.807, 2.05) is 67.6 Å². The fraction of sp³-hybridized carbons (Fsp3) is 0.120. The molecule has 1 N–H and O–H groups in total. The first-order valence-electron chi connectivity index (χ1n) is 9.80. The number of benzene rings is 3. The Kier molecular flexibility index (Phi) is 5.91. The average Bonchev–Trinajstić information content (AvgIpc) is 2.77. The van der Waals surface area contributed by atoms with Gasteiger partial charge in [0.15, 0.2) is 0 Å². The normalized spacial score (nSPS) is 10.8. The highest BCUT2D eigenvalue weighted by Gasteiger charge is 2.24. The van der Waals surface area contributed by atoms with Crippen LogP contribution in [0.1, 0.15) is 21.5 Å². The summed E-state index contributed by atoms with van der Waals surface area (Å²) < 4.78 is 6.19. The van der Waals surface area contributed by atoms with E-state index >= 15 is 0 Å². The molecule has 4 aromatic rings. The zero-order valence-electron chi connectivity index (χ0n) is 17.2. The standard InChI is InChI=1S/C25H21BrN2O3/c1-16-11-12-17-14-18(24(29)27-21(17)13-16)15-28(22-9-5-6-10-23(22)31-2)25(30)19-7-3-4-8-20(19)26/h3-14H,15H2,1-2H3,(H,27,29). The van der Waals surface area contributed by atoms with Gasteiger partial charge in [0.05, 0.1) is 24.9 Å². The van der Waals surface area contributed by atoms with E-state index in [0.29, 0.717) is 27.0 Å². The number of aryl methyl sites for hydroxylation is 1. The van der Waals surface area contributed by atoms with Crippen LogP contribution >= 0.6 is 15.9 Å². The Labute approximate surface area is 188 Å². The second-order valence-corrected chi connectivity index (χ2v) is 8.11. The van der Waals surface area contributed by atoms with E-state index in [9.17, 15) is 9.59 Å². The average molecular weight is 477 g/mol. The van der Waals surface area contributed by atoms with Gasteiger partial charge >= 0.3 is 0 Å². The maximum Gasteiger partial charge on any atom is 0.259 e. The van der Waals surface area contributed by atoms with Gasteiger partial charge in [-0.1, -0.05) is 36.4 Å². The van der Waals surface area contributed by atoms with Gasteiger partial charge in [0.2, 0.25) is 0 Å². The quantitative estimate of drug-likeness (QED) is 0.416. The first-order valence-corrected chi connectivity index (χ1v) is 10.6. The number of anilines is 1. The summed E-state index contributed by atoms with van der Waals surface area (Å²) in [5.74, 6) is 0.316. The topological polar surface area (TPSA) is 62.4 Å². The molecule has 0 radical (unpaired) electrons. The van der Waals surface area contributed by atoms with E-state index < -0.39 is 0 Å². The van der Waals surface area contributed by atoms with E-state index in [-0.39, 0.29) is 18.0 Å². The van der Waals surface area contributed by atoms with Crippen LogP contribution in [0.25, 0.3) is 10.9 Å². The highest BCUT2D eigenvalue weighted by Crippen LogP contribution is 2.31. The molecule has 3 aromatic carbocycles. The van der Waals surface area contributed by atoms with Crippen molar-refractivity contribution < 1.29 is 9.53 Å². The van der Waals surface area contributed by atoms with Crippen LogP contribution in [0.4, 0.5) is 5.69 Å². The number of nitrogens with zero attached hydrogens (tertiary/aromatic N) is 1. The molecule has 0 aliphatic carbocycles. The van der Waals surface area contributed by atoms with Gasteiger partial charge < -0.3 is 14.6 Å². The molecule has 1 heterocycles. The van der Waals surface area contributed by atoms with Gasteiger partial charge in [-0.15, -0.1) is 0 Å². The SMILES string of the molecule is COc1ccccc1N(Cc1cc2ccc(C)cc2[nH]c1=O)C(=O)c1ccccc1Br. The van der Waals surface area contributed by atoms with Gasteiger partial charge in [0.1, 0.15) is 5.75 Å². The van der Waals surface area contributed by atoms with Crippen LogP contribution in [0.3, 0.4) is 0 Å². The maximum atomic E-state index is 13.6. The summed E-state index contributed by atoms with van der Waals surface area (Å²) >= 11 is 3.47. The number of aromatic nitrogens is 1. The minimum Gasteiger partial charge on any atom is -0.495 e. The van der Waals surface area contributed by atoms with Crippen LogP contribution in [0.5, 0.6) is 5.75 Å². The molecule has 0 spiro atoms. The van der Waals surface area contributed by atoms with E-state index in [1.54, 1.807) is 24.1 Å². The zero-order valence-corrected chi connectivity index (χ0v) is 18.8. The maximum absolute atomic E-state index is 13.6. The van der Waals surface area contributed by atoms with Gasteiger partial charge in [-0.25, -0.2) is 0 Å². The van der Waals surface area contributed by atoms with E-state index in [2.05, 4.69) is 20.9 Å². The van der Waals surface area contributed by atoms with Crippen molar-refractivity contribution in [3.63, 3.8) is 0 Å². The second kappa shape index (κ2) is 8.78. The number of methoxy groups -OCH3 is 1. The number of rotatable bonds is 5. The molecule has 6 heteroatoms. The molecular formula is C25H21BrN2O3. The molecule has 4 rings (SSSR count). The Morgan fingerprint density at radius 3 is 2.55 bits per heavy atom. The van der Waals surface area contributed by atoms with Gasteiger partial charge in [-0.2, -0.15) is 0 Å². The summed E-state index contributed by atoms with van der Waals surface area (Å²) in [7, 11) is 1.56. The number of fused-ring (bicyclic) bond motifs is 1. The molecule has 0 unspecified atom stereocenters. The highest BCUT2D eigenvalue weighted by atomic mass is 79.9. The zero-order chi connectivity index (χ0) is 22.0. The number of carbonyl (C=O) groups excluding carboxylic acids is 1. The van der Waals surface area contributed by atoms with Crippen LogP contribution in [0.2, 0.25) is 0 Å². The van der Waals surface area contributed by atoms with Crippen LogP contribution in [0, 0.1) is 6.92 Å². The molecular weight excluding hydrogens is 456 g/mol. The third kappa shape index (κ3) is 4.25. The van der Waals surface area contributed by atoms with Crippen LogP contribution in [0.15, 0.2) is 82.1 Å². The molecule has 5 nitrogen and oxygen atoms in total. The lowest BCUT2D eigenvalue weighted by atomic mass is 10.1. The molecule has 156 valence electrons. The summed E-state index contributed by atoms with van der Waals surface area (Å²) in [4.78, 5) is 31.0. The Hall–Kier alpha value is -3.38. The second-order valence-electron chi connectivity index (χ2n) is 7.26. The Bertz CT molecular complexity index is 1330. The summed E-state index contributed by atoms with van der Waals surface area (Å²) in [5.41, 5.74) is 3.20. The van der Waals surface area contributed by atoms with Crippen molar-refractivity contribution in [2.24, 2.45) is 0 Å². The minimum atomic E-state index is -0.236. The first-order chi connectivity index (χ1) is 15.0. The molecule has 0 bridgehead atoms. The lowest BCUT2D eigenvalue weighted by Gasteiger charge is -2.25. The van der Waals surface area contributed by atoms with E-state index in [4.69, 9.17) is 4.74 Å². The van der Waals surface area contributed by atoms with E-state index in [0.717, 1.165) is 16.5 Å². The molecule has 1 aromatic heterocycles. The van der Waals surface area contributed by atoms with Gasteiger partial charge in [-0.3, -0.25) is 9.59 Å². The summed E-state index contributed by atoms with van der Waals surface area (Å²) in [5, 5.41) is 0.911. The first kappa shape index (κ1) is 20.9. The predicted molar refractivity (Wildman–Crippen MR) is 127 cm³/mol. The summed E-state index contributed by atoms with van der Waals surface area (Å²) in [6.45, 7) is 2.07. The van der Waals surface area contributed by atoms with Crippen molar-refractivity contribution in [3.05, 3.63) is 104 Å². The van der Waals surface area contributed by atoms with Gasteiger partial charge in [0.25, 0.3) is 11.5 Å². The number of H-pyrrole nitrogens is 1. The summed E-state index contributed by atoms with van der Waals surface area (Å²) in [6.07, 6.45) is 0. The van der Waals surface area contributed by atoms with Crippen molar-refractivity contribution in [3.8, 4) is 5.75 Å². The van der Waals surface area contributed by atoms with E-state index in [1.165, 1.54) is 0 Å². The fourth-order valence-corrected chi connectivity index (χ4v) is 4.00. The van der Waals surface area contributed by atoms with Crippen molar-refractivity contribution in [1.82, 2.24) is 4.98 Å². The number of amides is 1. The van der Waals surface area contributed by atoms with Crippen molar-refractivity contribution in [2.75, 3.05) is 12.0 Å². The molecule has 1 amide bonds. The smallest absolute Gasteiger partial charge is 0.259 e. The number of para-hydroxylation sites is 2. The molecule has 0 aliphatic heterocycles. The molecule has 0 atom stereocenters. The van der Waals surface area contributed by atoms with Gasteiger partial charge in [0, 0.05) is 15.6 Å². The third-order valence-electron chi connectivity index (χ3n) is 5.13. The van der Waals surface area contributed by atoms with Crippen LogP contribution < -0.4 is 15.2 Å². The molecule has 0 saturated heterocycles. The fourth-order valence-electron chi connectivity index (χ4n) is 3.55. The third-order valence-corrected chi connectivity index (χ3v) is 5.82. The van der Waals surface area contributed by atoms with Crippen LogP contribution in [-0.2, 0) is 6.54 Å². The predicted octanol–water partition coefficient (Wildman–Crippen LogP) is 5.45. The lowest BCUT2D eigenvalue weighted by molar-refractivity contribution is 0.0983. The van der Waals surface area contributed by atoms with Crippen molar-refractivity contribution in [2.45, 2.75) is 13.5 Å². The summed E-state index contributed by atoms with van der Waals surface area (Å²) in [6, 6.07) is 22.3. The van der Waals surface area contributed by atoms with Gasteiger partial charge in [-0.05, 0) is 70.2 Å². The number of carbonyl (C=O) groups is 1. The van der Waals surface area contributed by atoms with Crippen molar-refractivity contribution >= 4 is 38.4 Å². The Balaban J connectivity index is 1.84. The molecule has 0 saturated carbocycles. The molecule has 0 aliphatic rings. The van der Waals surface area contributed by atoms with Crippen molar-refractivity contribution in [1.29, 1.82) is 0 Å². The molecule has 31 heavy (non-hydrogen) atoms. The number of aromatic amines is 1. The Morgan fingerprint density at radius 1 is 1.03 bits per heavy atom. The number of hydrogen-bond acceptors (Lipinski definition) is 3. The largest absolute Gasteiger partial charge is 0.495 e. The highest BCUT2D eigenvalue weighted by molar-refractivity contribution is 9.10. The minimum absolute atomic E-state index is 0.0969. The molecule has 0 fully saturated rings. The number of halogens is 1. The lowest BCUT2D eigenvalue weighted by Crippen LogP contribution is -2.33. The number of ether oxygens (including phenoxy) is 1.